The Morgan fingerprint density at radius 3 is 3.05 bits per heavy atom. The fourth-order valence-corrected chi connectivity index (χ4v) is 3.71. The monoisotopic (exact) mass is 313 g/mol. The van der Waals surface area contributed by atoms with E-state index in [0.717, 1.165) is 0 Å². The minimum Gasteiger partial charge on any atom is -0.445 e. The average molecular weight is 313 g/mol. The number of anilines is 1. The van der Waals surface area contributed by atoms with E-state index in [0.29, 0.717) is 10.7 Å². The fraction of sp³-hybridized carbons (Fsp3) is 0.200. The molecule has 8 nitrogen and oxygen atoms in total. The van der Waals surface area contributed by atoms with E-state index in [1.165, 1.54) is 21.9 Å². The molecule has 10 heteroatoms. The first-order valence-corrected chi connectivity index (χ1v) is 7.95. The quantitative estimate of drug-likeness (QED) is 0.734. The standard InChI is InChI=1S/C10H11N5O3S2/c1-6-4-12-7(18-6)5-13-20(16,17)9-8(11)14-10-15(9)2-3-19-10/h2-4,13H,5,11H2,1H3. The van der Waals surface area contributed by atoms with Crippen molar-refractivity contribution in [2.45, 2.75) is 18.5 Å². The smallest absolute Gasteiger partial charge is 0.260 e. The maximum Gasteiger partial charge on any atom is 0.260 e. The Labute approximate surface area is 118 Å². The van der Waals surface area contributed by atoms with Crippen LogP contribution in [0.5, 0.6) is 0 Å². The van der Waals surface area contributed by atoms with Crippen LogP contribution < -0.4 is 10.5 Å². The normalized spacial score (nSPS) is 12.2. The summed E-state index contributed by atoms with van der Waals surface area (Å²) in [5.41, 5.74) is 5.67. The largest absolute Gasteiger partial charge is 0.445 e. The molecule has 0 saturated carbocycles. The number of nitrogens with zero attached hydrogens (tertiary/aromatic N) is 3. The van der Waals surface area contributed by atoms with E-state index in [-0.39, 0.29) is 23.3 Å². The van der Waals surface area contributed by atoms with E-state index >= 15 is 0 Å². The van der Waals surface area contributed by atoms with Gasteiger partial charge < -0.3 is 10.2 Å². The molecule has 0 spiro atoms. The Hall–Kier alpha value is -1.91. The van der Waals surface area contributed by atoms with Crippen LogP contribution in [-0.4, -0.2) is 22.8 Å². The van der Waals surface area contributed by atoms with Gasteiger partial charge in [-0.15, -0.1) is 11.3 Å². The average Bonchev–Trinajstić information content (AvgIpc) is 3.02. The molecule has 0 aliphatic carbocycles. The molecule has 0 radical (unpaired) electrons. The number of imidazole rings is 1. The summed E-state index contributed by atoms with van der Waals surface area (Å²) in [5, 5.41) is 1.66. The first-order chi connectivity index (χ1) is 9.47. The summed E-state index contributed by atoms with van der Waals surface area (Å²) in [7, 11) is -3.80. The zero-order valence-corrected chi connectivity index (χ0v) is 12.0. The molecule has 0 fully saturated rings. The molecule has 0 saturated heterocycles. The van der Waals surface area contributed by atoms with Crippen LogP contribution in [0, 0.1) is 6.92 Å². The highest BCUT2D eigenvalue weighted by Crippen LogP contribution is 2.23. The number of sulfonamides is 1. The topological polar surface area (TPSA) is 116 Å². The molecule has 3 aromatic rings. The second kappa shape index (κ2) is 4.58. The van der Waals surface area contributed by atoms with E-state index in [9.17, 15) is 8.42 Å². The summed E-state index contributed by atoms with van der Waals surface area (Å²) in [6.07, 6.45) is 3.13. The van der Waals surface area contributed by atoms with Crippen molar-refractivity contribution in [2.75, 3.05) is 5.73 Å². The van der Waals surface area contributed by atoms with E-state index in [2.05, 4.69) is 14.7 Å². The maximum absolute atomic E-state index is 12.3. The van der Waals surface area contributed by atoms with E-state index in [1.54, 1.807) is 18.5 Å². The lowest BCUT2D eigenvalue weighted by Gasteiger charge is -2.04. The molecule has 106 valence electrons. The second-order valence-corrected chi connectivity index (χ2v) is 6.60. The predicted molar refractivity (Wildman–Crippen MR) is 72.7 cm³/mol. The number of hydrogen-bond donors (Lipinski definition) is 2. The van der Waals surface area contributed by atoms with Crippen LogP contribution >= 0.6 is 11.3 Å². The first-order valence-electron chi connectivity index (χ1n) is 5.59. The third-order valence-corrected chi connectivity index (χ3v) is 4.78. The third kappa shape index (κ3) is 2.17. The van der Waals surface area contributed by atoms with Gasteiger partial charge in [0.2, 0.25) is 5.89 Å². The van der Waals surface area contributed by atoms with Crippen LogP contribution in [0.4, 0.5) is 5.82 Å². The molecule has 0 bridgehead atoms. The number of nitrogen functional groups attached to an aromatic ring is 1. The van der Waals surface area contributed by atoms with Gasteiger partial charge in [-0.1, -0.05) is 0 Å². The molecule has 0 amide bonds. The molecule has 0 aromatic carbocycles. The summed E-state index contributed by atoms with van der Waals surface area (Å²) in [6, 6.07) is 0. The van der Waals surface area contributed by atoms with Crippen molar-refractivity contribution in [1.29, 1.82) is 0 Å². The van der Waals surface area contributed by atoms with Crippen LogP contribution in [-0.2, 0) is 16.6 Å². The lowest BCUT2D eigenvalue weighted by atomic mass is 10.6. The number of oxazole rings is 1. The van der Waals surface area contributed by atoms with Crippen molar-refractivity contribution in [1.82, 2.24) is 19.1 Å². The molecular weight excluding hydrogens is 302 g/mol. The molecule has 20 heavy (non-hydrogen) atoms. The van der Waals surface area contributed by atoms with Gasteiger partial charge in [0.15, 0.2) is 15.8 Å². The Bertz CT molecular complexity index is 861. The van der Waals surface area contributed by atoms with Gasteiger partial charge >= 0.3 is 0 Å². The number of aryl methyl sites for hydroxylation is 1. The maximum atomic E-state index is 12.3. The minimum absolute atomic E-state index is 0.0343. The molecule has 0 aliphatic heterocycles. The Balaban J connectivity index is 1.91. The summed E-state index contributed by atoms with van der Waals surface area (Å²) < 4.78 is 33.6. The number of aromatic nitrogens is 3. The number of nitrogens with one attached hydrogen (secondary N) is 1. The van der Waals surface area contributed by atoms with Gasteiger partial charge in [-0.3, -0.25) is 4.40 Å². The van der Waals surface area contributed by atoms with Gasteiger partial charge in [0.25, 0.3) is 10.0 Å². The highest BCUT2D eigenvalue weighted by atomic mass is 32.2. The van der Waals surface area contributed by atoms with Crippen LogP contribution in [0.25, 0.3) is 4.96 Å². The van der Waals surface area contributed by atoms with Gasteiger partial charge in [-0.05, 0) is 6.92 Å². The predicted octanol–water partition coefficient (Wildman–Crippen LogP) is 0.753. The molecule has 0 aliphatic rings. The van der Waals surface area contributed by atoms with Crippen molar-refractivity contribution in [3.8, 4) is 0 Å². The Kier molecular flexibility index (Phi) is 3.00. The first kappa shape index (κ1) is 13.1. The Morgan fingerprint density at radius 2 is 2.35 bits per heavy atom. The molecule has 0 unspecified atom stereocenters. The third-order valence-electron chi connectivity index (χ3n) is 2.58. The zero-order valence-electron chi connectivity index (χ0n) is 10.4. The SMILES string of the molecule is Cc1cnc(CNS(=O)(=O)c2c(N)nc3sccn23)o1. The number of hydrogen-bond acceptors (Lipinski definition) is 7. The van der Waals surface area contributed by atoms with Gasteiger partial charge in [0.1, 0.15) is 5.76 Å². The van der Waals surface area contributed by atoms with Crippen LogP contribution in [0.3, 0.4) is 0 Å². The van der Waals surface area contributed by atoms with Gasteiger partial charge in [-0.2, -0.15) is 0 Å². The molecule has 0 atom stereocenters. The van der Waals surface area contributed by atoms with Gasteiger partial charge in [0.05, 0.1) is 12.7 Å². The van der Waals surface area contributed by atoms with Crippen molar-refractivity contribution in [3.63, 3.8) is 0 Å². The van der Waals surface area contributed by atoms with Crippen molar-refractivity contribution in [2.24, 2.45) is 0 Å². The lowest BCUT2D eigenvalue weighted by molar-refractivity contribution is 0.463. The van der Waals surface area contributed by atoms with Crippen molar-refractivity contribution >= 4 is 32.1 Å². The molecular formula is C10H11N5O3S2. The molecule has 3 N–H and O–H groups in total. The number of thiazole rings is 1. The van der Waals surface area contributed by atoms with Gasteiger partial charge in [0, 0.05) is 11.6 Å². The van der Waals surface area contributed by atoms with Crippen molar-refractivity contribution < 1.29 is 12.8 Å². The zero-order chi connectivity index (χ0) is 14.3. The molecule has 3 aromatic heterocycles. The van der Waals surface area contributed by atoms with E-state index < -0.39 is 10.0 Å². The highest BCUT2D eigenvalue weighted by molar-refractivity contribution is 7.89. The number of rotatable bonds is 4. The summed E-state index contributed by atoms with van der Waals surface area (Å²) in [6.45, 7) is 1.68. The van der Waals surface area contributed by atoms with Crippen LogP contribution in [0.2, 0.25) is 0 Å². The lowest BCUT2D eigenvalue weighted by Crippen LogP contribution is -2.25. The van der Waals surface area contributed by atoms with Crippen LogP contribution in [0.15, 0.2) is 27.2 Å². The summed E-state index contributed by atoms with van der Waals surface area (Å²) in [5.74, 6) is 0.868. The summed E-state index contributed by atoms with van der Waals surface area (Å²) in [4.78, 5) is 8.45. The minimum atomic E-state index is -3.80. The Morgan fingerprint density at radius 1 is 1.55 bits per heavy atom. The molecule has 3 rings (SSSR count). The second-order valence-electron chi connectivity index (χ2n) is 4.05. The number of nitrogens with two attached hydrogens (primary N) is 1. The fourth-order valence-electron chi connectivity index (χ4n) is 1.76. The molecule has 3 heterocycles. The summed E-state index contributed by atoms with van der Waals surface area (Å²) >= 11 is 1.30. The van der Waals surface area contributed by atoms with E-state index in [1.807, 2.05) is 0 Å². The van der Waals surface area contributed by atoms with Crippen molar-refractivity contribution in [3.05, 3.63) is 29.4 Å². The highest BCUT2D eigenvalue weighted by Gasteiger charge is 2.24. The van der Waals surface area contributed by atoms with E-state index in [4.69, 9.17) is 10.2 Å². The van der Waals surface area contributed by atoms with Gasteiger partial charge in [-0.25, -0.2) is 23.1 Å². The number of fused-ring (bicyclic) bond motifs is 1. The van der Waals surface area contributed by atoms with Crippen LogP contribution in [0.1, 0.15) is 11.7 Å².